The number of hydrogen-bond acceptors (Lipinski definition) is 6. The van der Waals surface area contributed by atoms with Crippen molar-refractivity contribution in [3.8, 4) is 0 Å². The van der Waals surface area contributed by atoms with Gasteiger partial charge in [0.1, 0.15) is 12.4 Å². The molecule has 0 bridgehead atoms. The Morgan fingerprint density at radius 1 is 1.24 bits per heavy atom. The number of nitrogens with zero attached hydrogens (tertiary/aromatic N) is 2. The molecule has 1 amide bonds. The fraction of sp³-hybridized carbons (Fsp3) is 0.176. The molecule has 1 N–H and O–H groups in total. The van der Waals surface area contributed by atoms with E-state index in [0.717, 1.165) is 4.57 Å². The number of anilines is 1. The quantitative estimate of drug-likeness (QED) is 0.727. The highest BCUT2D eigenvalue weighted by atomic mass is 16.5. The molecule has 128 valence electrons. The lowest BCUT2D eigenvalue weighted by Crippen LogP contribution is -2.15. The van der Waals surface area contributed by atoms with Gasteiger partial charge in [-0.1, -0.05) is 0 Å². The molecule has 0 aliphatic rings. The molecule has 0 atom stereocenters. The minimum Gasteiger partial charge on any atom is -0.456 e. The largest absolute Gasteiger partial charge is 0.456 e. The number of fused-ring (bicyclic) bond motifs is 1. The Morgan fingerprint density at radius 2 is 1.96 bits per heavy atom. The molecule has 3 rings (SSSR count). The van der Waals surface area contributed by atoms with E-state index in [2.05, 4.69) is 10.3 Å². The summed E-state index contributed by atoms with van der Waals surface area (Å²) >= 11 is 0. The van der Waals surface area contributed by atoms with Crippen LogP contribution in [-0.4, -0.2) is 21.4 Å². The summed E-state index contributed by atoms with van der Waals surface area (Å²) < 4.78 is 11.4. The van der Waals surface area contributed by atoms with Gasteiger partial charge < -0.3 is 14.6 Å². The average Bonchev–Trinajstić information content (AvgIpc) is 2.94. The summed E-state index contributed by atoms with van der Waals surface area (Å²) in [6.45, 7) is 2.97. The van der Waals surface area contributed by atoms with Crippen LogP contribution in [0.25, 0.3) is 5.65 Å². The average molecular weight is 341 g/mol. The molecule has 25 heavy (non-hydrogen) atoms. The van der Waals surface area contributed by atoms with Crippen molar-refractivity contribution in [1.82, 2.24) is 9.56 Å². The summed E-state index contributed by atoms with van der Waals surface area (Å²) in [5, 5.41) is 2.61. The van der Waals surface area contributed by atoms with Gasteiger partial charge in [0.2, 0.25) is 5.91 Å². The number of nitrogens with one attached hydrogen (secondary N) is 1. The van der Waals surface area contributed by atoms with Crippen molar-refractivity contribution < 1.29 is 18.8 Å². The summed E-state index contributed by atoms with van der Waals surface area (Å²) in [6.07, 6.45) is 0. The zero-order valence-electron chi connectivity index (χ0n) is 13.6. The maximum atomic E-state index is 12.1. The molecule has 0 spiro atoms. The number of esters is 1. The Balaban J connectivity index is 1.69. The molecule has 1 aromatic carbocycles. The van der Waals surface area contributed by atoms with Gasteiger partial charge in [-0.3, -0.25) is 9.59 Å². The lowest BCUT2D eigenvalue weighted by molar-refractivity contribution is -0.114. The number of carbonyl (C=O) groups excluding carboxylic acids is 2. The molecule has 0 saturated carbocycles. The molecular formula is C17H15N3O5. The first kappa shape index (κ1) is 16.4. The minimum absolute atomic E-state index is 0.137. The molecule has 0 fully saturated rings. The molecule has 0 unspecified atom stereocenters. The fourth-order valence-electron chi connectivity index (χ4n) is 2.26. The van der Waals surface area contributed by atoms with Crippen LogP contribution < -0.4 is 10.9 Å². The van der Waals surface area contributed by atoms with Crippen molar-refractivity contribution >= 4 is 23.2 Å². The highest BCUT2D eigenvalue weighted by Gasteiger charge is 2.11. The Morgan fingerprint density at radius 3 is 2.64 bits per heavy atom. The number of benzene rings is 1. The van der Waals surface area contributed by atoms with Gasteiger partial charge in [0.05, 0.1) is 11.3 Å². The number of carbonyl (C=O) groups is 2. The van der Waals surface area contributed by atoms with E-state index in [1.165, 1.54) is 13.0 Å². The molecular weight excluding hydrogens is 326 g/mol. The lowest BCUT2D eigenvalue weighted by Gasteiger charge is -2.06. The van der Waals surface area contributed by atoms with Crippen molar-refractivity contribution in [2.75, 3.05) is 5.32 Å². The van der Waals surface area contributed by atoms with E-state index in [4.69, 9.17) is 9.26 Å². The third-order valence-corrected chi connectivity index (χ3v) is 3.32. The van der Waals surface area contributed by atoms with Gasteiger partial charge in [-0.25, -0.2) is 9.78 Å². The van der Waals surface area contributed by atoms with Gasteiger partial charge in [-0.2, -0.15) is 0 Å². The second-order valence-corrected chi connectivity index (χ2v) is 5.42. The third kappa shape index (κ3) is 3.74. The summed E-state index contributed by atoms with van der Waals surface area (Å²) in [4.78, 5) is 39.2. The van der Waals surface area contributed by atoms with Crippen LogP contribution in [0.4, 0.5) is 5.69 Å². The van der Waals surface area contributed by atoms with E-state index in [0.29, 0.717) is 28.4 Å². The predicted molar refractivity (Wildman–Crippen MR) is 88.3 cm³/mol. The zero-order chi connectivity index (χ0) is 18.0. The van der Waals surface area contributed by atoms with Crippen molar-refractivity contribution in [2.24, 2.45) is 0 Å². The van der Waals surface area contributed by atoms with Gasteiger partial charge in [0.15, 0.2) is 5.65 Å². The summed E-state index contributed by atoms with van der Waals surface area (Å²) in [7, 11) is 0. The monoisotopic (exact) mass is 341 g/mol. The standard InChI is InChI=1S/C17H15N3O5/c1-10-7-15-19-14(8-16(22)20(15)25-10)9-24-17(23)12-3-5-13(6-4-12)18-11(2)21/h3-8H,9H2,1-2H3,(H,18,21). The molecule has 0 radical (unpaired) electrons. The van der Waals surface area contributed by atoms with Crippen molar-refractivity contribution in [3.05, 3.63) is 63.8 Å². The number of ether oxygens (including phenoxy) is 1. The molecule has 8 nitrogen and oxygen atoms in total. The molecule has 0 aliphatic carbocycles. The summed E-state index contributed by atoms with van der Waals surface area (Å²) in [6, 6.07) is 9.15. The molecule has 0 saturated heterocycles. The van der Waals surface area contributed by atoms with Crippen LogP contribution in [0.1, 0.15) is 28.7 Å². The van der Waals surface area contributed by atoms with E-state index in [1.807, 2.05) is 0 Å². The van der Waals surface area contributed by atoms with Gasteiger partial charge in [-0.05, 0) is 31.2 Å². The van der Waals surface area contributed by atoms with Crippen LogP contribution in [0.5, 0.6) is 0 Å². The Labute approximate surface area is 142 Å². The van der Waals surface area contributed by atoms with Gasteiger partial charge in [0.25, 0.3) is 5.56 Å². The van der Waals surface area contributed by atoms with Crippen molar-refractivity contribution in [1.29, 1.82) is 0 Å². The zero-order valence-corrected chi connectivity index (χ0v) is 13.6. The maximum absolute atomic E-state index is 12.1. The summed E-state index contributed by atoms with van der Waals surface area (Å²) in [5.74, 6) is -0.199. The van der Waals surface area contributed by atoms with Crippen LogP contribution >= 0.6 is 0 Å². The van der Waals surface area contributed by atoms with E-state index in [-0.39, 0.29) is 18.1 Å². The Kier molecular flexibility index (Phi) is 4.34. The third-order valence-electron chi connectivity index (χ3n) is 3.32. The smallest absolute Gasteiger partial charge is 0.338 e. The first-order chi connectivity index (χ1) is 11.9. The van der Waals surface area contributed by atoms with E-state index >= 15 is 0 Å². The molecule has 0 aliphatic heterocycles. The first-order valence-corrected chi connectivity index (χ1v) is 7.47. The predicted octanol–water partition coefficient (Wildman–Crippen LogP) is 1.91. The Bertz CT molecular complexity index is 1000. The highest BCUT2D eigenvalue weighted by Crippen LogP contribution is 2.12. The number of hydrogen-bond donors (Lipinski definition) is 1. The van der Waals surface area contributed by atoms with E-state index in [9.17, 15) is 14.4 Å². The van der Waals surface area contributed by atoms with Crippen LogP contribution in [0.3, 0.4) is 0 Å². The molecule has 2 aromatic heterocycles. The topological polar surface area (TPSA) is 103 Å². The SMILES string of the molecule is CC(=O)Nc1ccc(C(=O)OCc2cc(=O)n3oc(C)cc3n2)cc1. The second-order valence-electron chi connectivity index (χ2n) is 5.42. The van der Waals surface area contributed by atoms with E-state index in [1.54, 1.807) is 37.3 Å². The highest BCUT2D eigenvalue weighted by molar-refractivity contribution is 5.92. The maximum Gasteiger partial charge on any atom is 0.338 e. The number of amides is 1. The van der Waals surface area contributed by atoms with Crippen LogP contribution in [0.2, 0.25) is 0 Å². The van der Waals surface area contributed by atoms with E-state index < -0.39 is 5.97 Å². The van der Waals surface area contributed by atoms with Crippen LogP contribution in [-0.2, 0) is 16.1 Å². The second kappa shape index (κ2) is 6.60. The van der Waals surface area contributed by atoms with Crippen LogP contribution in [0, 0.1) is 6.92 Å². The normalized spacial score (nSPS) is 10.6. The lowest BCUT2D eigenvalue weighted by atomic mass is 10.2. The van der Waals surface area contributed by atoms with Gasteiger partial charge in [0, 0.05) is 24.7 Å². The fourth-order valence-corrected chi connectivity index (χ4v) is 2.26. The molecule has 2 heterocycles. The van der Waals surface area contributed by atoms with Gasteiger partial charge in [-0.15, -0.1) is 4.57 Å². The molecule has 8 heteroatoms. The molecule has 3 aromatic rings. The number of aryl methyl sites for hydroxylation is 1. The van der Waals surface area contributed by atoms with Crippen molar-refractivity contribution in [3.63, 3.8) is 0 Å². The Hall–Kier alpha value is -3.42. The van der Waals surface area contributed by atoms with Crippen molar-refractivity contribution in [2.45, 2.75) is 20.5 Å². The minimum atomic E-state index is -0.556. The summed E-state index contributed by atoms with van der Waals surface area (Å²) in [5.41, 5.74) is 1.21. The van der Waals surface area contributed by atoms with Crippen LogP contribution in [0.15, 0.2) is 45.7 Å². The number of rotatable bonds is 4. The number of aromatic nitrogens is 2. The van der Waals surface area contributed by atoms with Gasteiger partial charge >= 0.3 is 5.97 Å². The first-order valence-electron chi connectivity index (χ1n) is 7.47.